The van der Waals surface area contributed by atoms with E-state index in [1.54, 1.807) is 0 Å². The van der Waals surface area contributed by atoms with Crippen molar-refractivity contribution < 1.29 is 23.8 Å². The van der Waals surface area contributed by atoms with E-state index in [1.165, 1.54) is 6.92 Å². The van der Waals surface area contributed by atoms with Gasteiger partial charge in [-0.05, 0) is 56.3 Å². The number of halogens is 1. The standard InChI is InChI=1S/C21H31FO4/c1-12(23)26-18-5-4-15-14-10-17(25)21(22)11-13(24)6-9-20(21,3)16(14)7-8-19(15,18)2/h13-16,18,24H,4-11H2,1-3H3/t13?,14?,15?,16?,18?,19-,20+,21-/m0/s1. The van der Waals surface area contributed by atoms with Crippen molar-refractivity contribution in [1.29, 1.82) is 0 Å². The number of esters is 1. The third kappa shape index (κ3) is 2.28. The van der Waals surface area contributed by atoms with E-state index in [4.69, 9.17) is 4.74 Å². The fraction of sp³-hybridized carbons (Fsp3) is 0.905. The summed E-state index contributed by atoms with van der Waals surface area (Å²) in [7, 11) is 0. The van der Waals surface area contributed by atoms with Crippen LogP contribution in [0.4, 0.5) is 4.39 Å². The van der Waals surface area contributed by atoms with Crippen molar-refractivity contribution in [2.24, 2.45) is 28.6 Å². The number of Topliss-reactive ketones (excluding diaryl/α,β-unsaturated/α-hetero) is 1. The molecule has 0 aromatic heterocycles. The zero-order valence-electron chi connectivity index (χ0n) is 16.1. The topological polar surface area (TPSA) is 63.6 Å². The Morgan fingerprint density at radius 1 is 1.15 bits per heavy atom. The van der Waals surface area contributed by atoms with Crippen molar-refractivity contribution in [3.63, 3.8) is 0 Å². The number of aliphatic hydroxyl groups excluding tert-OH is 1. The number of hydrogen-bond donors (Lipinski definition) is 1. The molecule has 0 bridgehead atoms. The first kappa shape index (κ1) is 18.4. The first-order valence-corrected chi connectivity index (χ1v) is 10.2. The van der Waals surface area contributed by atoms with Crippen LogP contribution in [-0.4, -0.2) is 34.7 Å². The molecule has 5 unspecified atom stereocenters. The third-order valence-corrected chi connectivity index (χ3v) is 8.76. The summed E-state index contributed by atoms with van der Waals surface area (Å²) in [6.07, 6.45) is 4.18. The van der Waals surface area contributed by atoms with Crippen LogP contribution < -0.4 is 0 Å². The molecule has 0 amide bonds. The van der Waals surface area contributed by atoms with Crippen LogP contribution in [0, 0.1) is 28.6 Å². The number of fused-ring (bicyclic) bond motifs is 5. The zero-order chi connectivity index (χ0) is 18.9. The maximum atomic E-state index is 15.9. The van der Waals surface area contributed by atoms with E-state index in [0.717, 1.165) is 25.7 Å². The average molecular weight is 366 g/mol. The van der Waals surface area contributed by atoms with Gasteiger partial charge in [0.25, 0.3) is 0 Å². The molecule has 4 aliphatic rings. The Kier molecular flexibility index (Phi) is 4.08. The van der Waals surface area contributed by atoms with E-state index in [-0.39, 0.29) is 47.9 Å². The van der Waals surface area contributed by atoms with Gasteiger partial charge in [0.1, 0.15) is 6.10 Å². The number of ketones is 1. The number of hydrogen-bond acceptors (Lipinski definition) is 4. The highest BCUT2D eigenvalue weighted by Crippen LogP contribution is 2.67. The minimum atomic E-state index is -1.88. The summed E-state index contributed by atoms with van der Waals surface area (Å²) >= 11 is 0. The van der Waals surface area contributed by atoms with Crippen molar-refractivity contribution in [1.82, 2.24) is 0 Å². The lowest BCUT2D eigenvalue weighted by Gasteiger charge is -2.61. The smallest absolute Gasteiger partial charge is 0.302 e. The summed E-state index contributed by atoms with van der Waals surface area (Å²) in [5, 5.41) is 10.0. The Morgan fingerprint density at radius 3 is 2.58 bits per heavy atom. The van der Waals surface area contributed by atoms with Crippen LogP contribution >= 0.6 is 0 Å². The van der Waals surface area contributed by atoms with Crippen LogP contribution in [0.5, 0.6) is 0 Å². The molecule has 0 saturated heterocycles. The lowest BCUT2D eigenvalue weighted by Crippen LogP contribution is -2.65. The van der Waals surface area contributed by atoms with Crippen molar-refractivity contribution in [3.8, 4) is 0 Å². The van der Waals surface area contributed by atoms with Gasteiger partial charge in [-0.15, -0.1) is 0 Å². The summed E-state index contributed by atoms with van der Waals surface area (Å²) in [6.45, 7) is 5.61. The van der Waals surface area contributed by atoms with E-state index in [9.17, 15) is 14.7 Å². The molecule has 0 aliphatic heterocycles. The van der Waals surface area contributed by atoms with Crippen LogP contribution in [0.15, 0.2) is 0 Å². The van der Waals surface area contributed by atoms with Crippen LogP contribution in [0.3, 0.4) is 0 Å². The first-order chi connectivity index (χ1) is 12.1. The quantitative estimate of drug-likeness (QED) is 0.720. The average Bonchev–Trinajstić information content (AvgIpc) is 2.87. The molecule has 1 N–H and O–H groups in total. The molecule has 4 fully saturated rings. The van der Waals surface area contributed by atoms with Gasteiger partial charge < -0.3 is 9.84 Å². The molecule has 5 heteroatoms. The number of aliphatic hydroxyl groups is 1. The van der Waals surface area contributed by atoms with Crippen LogP contribution in [-0.2, 0) is 14.3 Å². The summed E-state index contributed by atoms with van der Waals surface area (Å²) in [5.41, 5.74) is -2.66. The fourth-order valence-electron chi connectivity index (χ4n) is 7.32. The number of rotatable bonds is 1. The van der Waals surface area contributed by atoms with Gasteiger partial charge in [0.05, 0.1) is 6.10 Å². The molecule has 26 heavy (non-hydrogen) atoms. The van der Waals surface area contributed by atoms with Crippen LogP contribution in [0.1, 0.15) is 72.1 Å². The molecule has 4 nitrogen and oxygen atoms in total. The Bertz CT molecular complexity index is 636. The van der Waals surface area contributed by atoms with Gasteiger partial charge in [0.2, 0.25) is 0 Å². The van der Waals surface area contributed by atoms with Crippen molar-refractivity contribution in [2.45, 2.75) is 90.0 Å². The van der Waals surface area contributed by atoms with Crippen LogP contribution in [0.25, 0.3) is 0 Å². The normalized spacial score (nSPS) is 53.4. The van der Waals surface area contributed by atoms with E-state index in [0.29, 0.717) is 18.8 Å². The number of carbonyl (C=O) groups is 2. The minimum absolute atomic E-state index is 0.0381. The first-order valence-electron chi connectivity index (χ1n) is 10.2. The molecular weight excluding hydrogens is 335 g/mol. The predicted octanol–water partition coefficient (Wildman–Crippen LogP) is 3.59. The molecule has 0 spiro atoms. The van der Waals surface area contributed by atoms with Gasteiger partial charge >= 0.3 is 5.97 Å². The number of carbonyl (C=O) groups excluding carboxylic acids is 2. The fourth-order valence-corrected chi connectivity index (χ4v) is 7.32. The SMILES string of the molecule is CC(=O)OC1CCC2C3CC(=O)[C@@]4(F)CC(O)CC[C@]4(C)C3CC[C@]12C. The predicted molar refractivity (Wildman–Crippen MR) is 94.0 cm³/mol. The molecule has 4 saturated carbocycles. The Morgan fingerprint density at radius 2 is 1.88 bits per heavy atom. The zero-order valence-corrected chi connectivity index (χ0v) is 16.1. The summed E-state index contributed by atoms with van der Waals surface area (Å²) in [5.74, 6) is 0.107. The van der Waals surface area contributed by atoms with E-state index in [1.807, 2.05) is 6.92 Å². The summed E-state index contributed by atoms with van der Waals surface area (Å²) < 4.78 is 21.6. The molecular formula is C21H31FO4. The van der Waals surface area contributed by atoms with Crippen molar-refractivity contribution in [2.75, 3.05) is 0 Å². The molecule has 0 aromatic rings. The second-order valence-corrected chi connectivity index (χ2v) is 9.84. The van der Waals surface area contributed by atoms with E-state index in [2.05, 4.69) is 6.92 Å². The van der Waals surface area contributed by atoms with Gasteiger partial charge in [-0.3, -0.25) is 9.59 Å². The highest BCUT2D eigenvalue weighted by atomic mass is 19.1. The highest BCUT2D eigenvalue weighted by molar-refractivity contribution is 5.90. The monoisotopic (exact) mass is 366 g/mol. The number of alkyl halides is 1. The Balaban J connectivity index is 1.66. The molecule has 4 rings (SSSR count). The maximum Gasteiger partial charge on any atom is 0.302 e. The Labute approximate surface area is 154 Å². The summed E-state index contributed by atoms with van der Waals surface area (Å²) in [4.78, 5) is 24.5. The second kappa shape index (κ2) is 5.76. The molecule has 4 aliphatic carbocycles. The third-order valence-electron chi connectivity index (χ3n) is 8.76. The summed E-state index contributed by atoms with van der Waals surface area (Å²) in [6, 6.07) is 0. The second-order valence-electron chi connectivity index (χ2n) is 9.84. The molecule has 146 valence electrons. The number of ether oxygens (including phenoxy) is 1. The maximum absolute atomic E-state index is 15.9. The van der Waals surface area contributed by atoms with Gasteiger partial charge in [-0.25, -0.2) is 4.39 Å². The molecule has 8 atom stereocenters. The molecule has 0 aromatic carbocycles. The van der Waals surface area contributed by atoms with E-state index >= 15 is 4.39 Å². The van der Waals surface area contributed by atoms with Crippen molar-refractivity contribution >= 4 is 11.8 Å². The minimum Gasteiger partial charge on any atom is -0.462 e. The van der Waals surface area contributed by atoms with Crippen molar-refractivity contribution in [3.05, 3.63) is 0 Å². The molecule has 0 radical (unpaired) electrons. The van der Waals surface area contributed by atoms with Gasteiger partial charge in [0.15, 0.2) is 11.5 Å². The van der Waals surface area contributed by atoms with Gasteiger partial charge in [0, 0.05) is 30.6 Å². The van der Waals surface area contributed by atoms with Gasteiger partial charge in [-0.1, -0.05) is 13.8 Å². The largest absolute Gasteiger partial charge is 0.462 e. The lowest BCUT2D eigenvalue weighted by molar-refractivity contribution is -0.194. The Hall–Kier alpha value is -0.970. The molecule has 0 heterocycles. The lowest BCUT2D eigenvalue weighted by atomic mass is 9.44. The van der Waals surface area contributed by atoms with E-state index < -0.39 is 17.2 Å². The highest BCUT2D eigenvalue weighted by Gasteiger charge is 2.68. The van der Waals surface area contributed by atoms with Crippen LogP contribution in [0.2, 0.25) is 0 Å². The van der Waals surface area contributed by atoms with Gasteiger partial charge in [-0.2, -0.15) is 0 Å².